The Balaban J connectivity index is 0.770. The Morgan fingerprint density at radius 3 is 2.25 bits per heavy atom. The highest BCUT2D eigenvalue weighted by atomic mass is 19.1. The second kappa shape index (κ2) is 18.6. The molecule has 0 aliphatic carbocycles. The number of nitrogens with two attached hydrogens (primary N) is 1. The van der Waals surface area contributed by atoms with E-state index in [2.05, 4.69) is 25.0 Å². The number of fused-ring (bicyclic) bond motifs is 2. The molecule has 4 heterocycles. The molecule has 0 bridgehead atoms. The molecular weight excluding hydrogens is 732 g/mol. The number of benzene rings is 3. The van der Waals surface area contributed by atoms with Gasteiger partial charge in [-0.05, 0) is 48.6 Å². The summed E-state index contributed by atoms with van der Waals surface area (Å²) in [7, 11) is 0. The van der Waals surface area contributed by atoms with Crippen LogP contribution in [0.5, 0.6) is 0 Å². The number of carbonyl (C=O) groups is 2. The molecular formula is C42H43FN8O6. The van der Waals surface area contributed by atoms with Crippen LogP contribution in [0.15, 0.2) is 96.1 Å². The summed E-state index contributed by atoms with van der Waals surface area (Å²) in [6.07, 6.45) is 5.58. The molecule has 57 heavy (non-hydrogen) atoms. The number of H-pyrrole nitrogens is 2. The number of aromatic amines is 2. The van der Waals surface area contributed by atoms with Gasteiger partial charge in [0, 0.05) is 43.3 Å². The second-order valence-electron chi connectivity index (χ2n) is 13.5. The molecule has 0 saturated carbocycles. The highest BCUT2D eigenvalue weighted by Gasteiger charge is 2.24. The van der Waals surface area contributed by atoms with Crippen molar-refractivity contribution in [3.8, 4) is 22.6 Å². The molecule has 0 spiro atoms. The van der Waals surface area contributed by atoms with Crippen LogP contribution in [0.25, 0.3) is 44.7 Å². The predicted octanol–water partition coefficient (Wildman–Crippen LogP) is 5.96. The average Bonchev–Trinajstić information content (AvgIpc) is 3.95. The number of nitrogens with zero attached hydrogens (tertiary/aromatic N) is 5. The largest absolute Gasteiger partial charge is 0.379 e. The molecule has 3 aromatic carbocycles. The quantitative estimate of drug-likeness (QED) is 0.0447. The SMILES string of the molecule is Nc1nc2c(nc(-c3cnn(CCCOCCOCCOCCCCC(=O)C(=O)c4c(-c5ccccc5)[nH]c5ccccc45)c3)n2Cc2ccc(F)cc2)c(=O)[nH]1. The molecule has 0 atom stereocenters. The van der Waals surface area contributed by atoms with Gasteiger partial charge < -0.3 is 29.5 Å². The molecule has 7 rings (SSSR count). The zero-order valence-electron chi connectivity index (χ0n) is 31.3. The third-order valence-corrected chi connectivity index (χ3v) is 9.38. The summed E-state index contributed by atoms with van der Waals surface area (Å²) in [6.45, 7) is 3.55. The minimum Gasteiger partial charge on any atom is -0.379 e. The van der Waals surface area contributed by atoms with Crippen LogP contribution in [0.4, 0.5) is 10.3 Å². The molecule has 15 heteroatoms. The van der Waals surface area contributed by atoms with Gasteiger partial charge in [0.05, 0.1) is 56.0 Å². The fourth-order valence-corrected chi connectivity index (χ4v) is 6.58. The first-order valence-electron chi connectivity index (χ1n) is 18.9. The third-order valence-electron chi connectivity index (χ3n) is 9.38. The summed E-state index contributed by atoms with van der Waals surface area (Å²) in [5, 5.41) is 5.21. The van der Waals surface area contributed by atoms with E-state index in [-0.39, 0.29) is 23.7 Å². The molecule has 4 aromatic heterocycles. The molecule has 294 valence electrons. The van der Waals surface area contributed by atoms with E-state index in [1.54, 1.807) is 27.6 Å². The van der Waals surface area contributed by atoms with Gasteiger partial charge >= 0.3 is 0 Å². The molecule has 14 nitrogen and oxygen atoms in total. The van der Waals surface area contributed by atoms with Gasteiger partial charge in [0.25, 0.3) is 5.56 Å². The maximum atomic E-state index is 13.5. The van der Waals surface area contributed by atoms with Crippen LogP contribution in [-0.4, -0.2) is 85.5 Å². The van der Waals surface area contributed by atoms with E-state index in [1.807, 2.05) is 60.8 Å². The molecule has 0 unspecified atom stereocenters. The number of carbonyl (C=O) groups excluding carboxylic acids is 2. The van der Waals surface area contributed by atoms with Gasteiger partial charge in [-0.3, -0.25) is 24.0 Å². The van der Waals surface area contributed by atoms with Gasteiger partial charge in [-0.15, -0.1) is 0 Å². The van der Waals surface area contributed by atoms with Crippen LogP contribution in [0.1, 0.15) is 41.6 Å². The fraction of sp³-hybridized carbons (Fsp3) is 0.286. The number of Topliss-reactive ketones (excluding diaryl/α,β-unsaturated/α-hetero) is 2. The van der Waals surface area contributed by atoms with Crippen LogP contribution in [0.2, 0.25) is 0 Å². The first-order chi connectivity index (χ1) is 27.9. The Kier molecular flexibility index (Phi) is 12.7. The lowest BCUT2D eigenvalue weighted by atomic mass is 9.97. The number of rotatable bonds is 21. The summed E-state index contributed by atoms with van der Waals surface area (Å²) in [6, 6.07) is 23.2. The van der Waals surface area contributed by atoms with Crippen molar-refractivity contribution in [2.45, 2.75) is 38.8 Å². The number of ketones is 2. The normalized spacial score (nSPS) is 11.5. The monoisotopic (exact) mass is 774 g/mol. The Labute approximate surface area is 326 Å². The van der Waals surface area contributed by atoms with Crippen molar-refractivity contribution >= 4 is 39.6 Å². The Morgan fingerprint density at radius 2 is 1.47 bits per heavy atom. The highest BCUT2D eigenvalue weighted by Crippen LogP contribution is 2.31. The lowest BCUT2D eigenvalue weighted by molar-refractivity contribution is -0.115. The van der Waals surface area contributed by atoms with Crippen LogP contribution in [-0.2, 0) is 32.1 Å². The molecule has 4 N–H and O–H groups in total. The summed E-state index contributed by atoms with van der Waals surface area (Å²) in [5.74, 6) is -0.764. The van der Waals surface area contributed by atoms with Crippen molar-refractivity contribution in [3.05, 3.63) is 119 Å². The molecule has 0 aliphatic rings. The number of nitrogen functional groups attached to an aromatic ring is 1. The van der Waals surface area contributed by atoms with Crippen molar-refractivity contribution in [2.24, 2.45) is 0 Å². The minimum absolute atomic E-state index is 0.0256. The number of halogens is 1. The number of aromatic nitrogens is 7. The zero-order chi connectivity index (χ0) is 39.6. The van der Waals surface area contributed by atoms with Crippen molar-refractivity contribution in [1.82, 2.24) is 34.3 Å². The Hall–Kier alpha value is -6.29. The number of para-hydroxylation sites is 1. The van der Waals surface area contributed by atoms with Crippen LogP contribution in [0, 0.1) is 5.82 Å². The number of ether oxygens (including phenoxy) is 3. The van der Waals surface area contributed by atoms with Gasteiger partial charge in [-0.1, -0.05) is 60.7 Å². The fourth-order valence-electron chi connectivity index (χ4n) is 6.58. The van der Waals surface area contributed by atoms with E-state index in [9.17, 15) is 18.8 Å². The predicted molar refractivity (Wildman–Crippen MR) is 213 cm³/mol. The van der Waals surface area contributed by atoms with Crippen molar-refractivity contribution < 1.29 is 28.2 Å². The minimum atomic E-state index is -0.476. The number of anilines is 1. The Bertz CT molecular complexity index is 2510. The van der Waals surface area contributed by atoms with Gasteiger partial charge in [0.15, 0.2) is 11.2 Å². The summed E-state index contributed by atoms with van der Waals surface area (Å²) in [4.78, 5) is 53.6. The first kappa shape index (κ1) is 39.0. The average molecular weight is 775 g/mol. The summed E-state index contributed by atoms with van der Waals surface area (Å²) >= 11 is 0. The van der Waals surface area contributed by atoms with E-state index >= 15 is 0 Å². The van der Waals surface area contributed by atoms with Crippen molar-refractivity contribution in [3.63, 3.8) is 0 Å². The van der Waals surface area contributed by atoms with Gasteiger partial charge in [-0.2, -0.15) is 10.1 Å². The van der Waals surface area contributed by atoms with Crippen molar-refractivity contribution in [2.75, 3.05) is 45.4 Å². The van der Waals surface area contributed by atoms with Crippen LogP contribution < -0.4 is 11.3 Å². The third kappa shape index (κ3) is 9.57. The van der Waals surface area contributed by atoms with Crippen molar-refractivity contribution in [1.29, 1.82) is 0 Å². The van der Waals surface area contributed by atoms with E-state index in [4.69, 9.17) is 19.9 Å². The molecule has 0 amide bonds. The van der Waals surface area contributed by atoms with Gasteiger partial charge in [0.2, 0.25) is 17.5 Å². The second-order valence-corrected chi connectivity index (χ2v) is 13.5. The van der Waals surface area contributed by atoms with E-state index in [1.165, 1.54) is 12.1 Å². The highest BCUT2D eigenvalue weighted by molar-refractivity contribution is 6.47. The standard InChI is InChI=1S/C42H43FN8O6/c43-31-16-14-28(15-17-31)26-51-39(47-37-40(51)48-42(44)49-41(37)54)30-25-45-50(27-30)18-8-20-56-22-24-57-23-21-55-19-7-6-13-34(52)38(53)35-32-11-4-5-12-33(32)46-36(35)29-9-2-1-3-10-29/h1-5,9-12,14-17,25,27,46H,6-8,13,18-24,26H2,(H3,44,48,49,54). The molecule has 0 aliphatic heterocycles. The number of imidazole rings is 1. The maximum absolute atomic E-state index is 13.5. The lowest BCUT2D eigenvalue weighted by Crippen LogP contribution is -2.15. The van der Waals surface area contributed by atoms with E-state index in [0.717, 1.165) is 22.0 Å². The van der Waals surface area contributed by atoms with Gasteiger partial charge in [0.1, 0.15) is 11.6 Å². The molecule has 0 saturated heterocycles. The zero-order valence-corrected chi connectivity index (χ0v) is 31.3. The van der Waals surface area contributed by atoms with E-state index < -0.39 is 17.1 Å². The van der Waals surface area contributed by atoms with Crippen LogP contribution in [0.3, 0.4) is 0 Å². The lowest BCUT2D eigenvalue weighted by Gasteiger charge is -2.08. The molecule has 0 radical (unpaired) electrons. The topological polar surface area (TPSA) is 185 Å². The number of aryl methyl sites for hydroxylation is 1. The maximum Gasteiger partial charge on any atom is 0.280 e. The number of hydrogen-bond donors (Lipinski definition) is 3. The smallest absolute Gasteiger partial charge is 0.280 e. The van der Waals surface area contributed by atoms with Crippen LogP contribution >= 0.6 is 0 Å². The van der Waals surface area contributed by atoms with E-state index in [0.29, 0.717) is 100 Å². The summed E-state index contributed by atoms with van der Waals surface area (Å²) < 4.78 is 34.1. The number of nitrogens with one attached hydrogen (secondary N) is 2. The summed E-state index contributed by atoms with van der Waals surface area (Å²) in [5.41, 5.74) is 10.1. The number of unbranched alkanes of at least 4 members (excludes halogenated alkanes) is 1. The molecule has 7 aromatic rings. The Morgan fingerprint density at radius 1 is 0.772 bits per heavy atom. The number of hydrogen-bond acceptors (Lipinski definition) is 10. The molecule has 0 fully saturated rings. The first-order valence-corrected chi connectivity index (χ1v) is 18.9. The van der Waals surface area contributed by atoms with Gasteiger partial charge in [-0.25, -0.2) is 9.37 Å².